The molecule has 2 aromatic rings. The first-order valence-electron chi connectivity index (χ1n) is 23.8. The zero-order valence-electron chi connectivity index (χ0n) is 35.5. The van der Waals surface area contributed by atoms with E-state index in [0.717, 1.165) is 84.7 Å². The van der Waals surface area contributed by atoms with Crippen molar-refractivity contribution in [2.75, 3.05) is 31.7 Å². The maximum atomic E-state index is 14.1. The molecule has 1 unspecified atom stereocenters. The number of fused-ring (bicyclic) bond motifs is 4. The zero-order chi connectivity index (χ0) is 38.6. The first-order valence-corrected chi connectivity index (χ1v) is 24.9. The van der Waals surface area contributed by atoms with Gasteiger partial charge in [0.1, 0.15) is 11.9 Å². The van der Waals surface area contributed by atoms with Crippen LogP contribution in [0, 0.1) is 29.6 Å². The smallest absolute Gasteiger partial charge is 0.408 e. The maximum absolute atomic E-state index is 14.1. The van der Waals surface area contributed by atoms with Crippen molar-refractivity contribution in [2.24, 2.45) is 29.6 Å². The van der Waals surface area contributed by atoms with Gasteiger partial charge in [-0.2, -0.15) is 11.8 Å². The molecular weight excluding hydrogens is 711 g/mol. The van der Waals surface area contributed by atoms with Crippen molar-refractivity contribution >= 4 is 28.8 Å². The highest BCUT2D eigenvalue weighted by Crippen LogP contribution is 2.56. The van der Waals surface area contributed by atoms with Crippen LogP contribution in [0.5, 0.6) is 5.75 Å². The summed E-state index contributed by atoms with van der Waals surface area (Å²) in [4.78, 5) is 21.5. The summed E-state index contributed by atoms with van der Waals surface area (Å²) in [6.45, 7) is 4.52. The summed E-state index contributed by atoms with van der Waals surface area (Å²) in [5.74, 6) is 7.17. The number of rotatable bonds is 25. The lowest BCUT2D eigenvalue weighted by molar-refractivity contribution is -0.0661. The number of thioether (sulfide) groups is 1. The van der Waals surface area contributed by atoms with E-state index in [0.29, 0.717) is 5.92 Å². The summed E-state index contributed by atoms with van der Waals surface area (Å²) < 4.78 is 12.4. The number of carbonyl (C=O) groups is 1. The van der Waals surface area contributed by atoms with Gasteiger partial charge in [0.25, 0.3) is 0 Å². The van der Waals surface area contributed by atoms with Gasteiger partial charge in [-0.05, 0) is 136 Å². The van der Waals surface area contributed by atoms with Crippen molar-refractivity contribution in [3.8, 4) is 5.75 Å². The molecular formula is C49H77N3O3S. The van der Waals surface area contributed by atoms with Crippen LogP contribution in [0.15, 0.2) is 30.5 Å². The number of aromatic nitrogens is 1. The number of carbonyl (C=O) groups excluding carboxylic acids is 1. The van der Waals surface area contributed by atoms with Gasteiger partial charge in [0.2, 0.25) is 0 Å². The molecule has 3 aliphatic heterocycles. The van der Waals surface area contributed by atoms with E-state index in [1.54, 1.807) is 7.11 Å². The Morgan fingerprint density at radius 2 is 1.46 bits per heavy atom. The number of pyridine rings is 1. The van der Waals surface area contributed by atoms with Crippen molar-refractivity contribution in [1.29, 1.82) is 0 Å². The number of methoxy groups -OCH3 is 1. The molecule has 56 heavy (non-hydrogen) atoms. The topological polar surface area (TPSA) is 63.7 Å². The molecule has 4 saturated carbocycles. The van der Waals surface area contributed by atoms with Crippen LogP contribution in [-0.4, -0.2) is 59.3 Å². The fourth-order valence-electron chi connectivity index (χ4n) is 12.4. The number of hydrogen-bond donors (Lipinski definition) is 1. The molecule has 7 fully saturated rings. The predicted molar refractivity (Wildman–Crippen MR) is 235 cm³/mol. The molecule has 6 bridgehead atoms. The van der Waals surface area contributed by atoms with Crippen LogP contribution in [0.2, 0.25) is 0 Å². The van der Waals surface area contributed by atoms with Gasteiger partial charge < -0.3 is 14.8 Å². The van der Waals surface area contributed by atoms with Gasteiger partial charge in [-0.3, -0.25) is 9.88 Å². The molecule has 5 atom stereocenters. The zero-order valence-corrected chi connectivity index (χ0v) is 36.3. The van der Waals surface area contributed by atoms with Crippen LogP contribution >= 0.6 is 11.8 Å². The Morgan fingerprint density at radius 1 is 0.839 bits per heavy atom. The van der Waals surface area contributed by atoms with Gasteiger partial charge in [0.15, 0.2) is 0 Å². The molecule has 1 aromatic heterocycles. The molecule has 312 valence electrons. The van der Waals surface area contributed by atoms with E-state index in [4.69, 9.17) is 14.5 Å². The van der Waals surface area contributed by atoms with Crippen molar-refractivity contribution in [1.82, 2.24) is 15.2 Å². The third-order valence-electron chi connectivity index (χ3n) is 15.0. The lowest BCUT2D eigenvalue weighted by atomic mass is 9.53. The number of nitrogens with one attached hydrogen (secondary N) is 1. The standard InChI is InChI=1S/C49H77N3O3S/c1-3-4-5-6-7-8-9-10-11-12-13-14-15-16-17-18-26-56-27-23-41-36-52-25-22-40(41)31-46(52)47(43-21-24-50-45-20-19-42(54-2)32-44(43)45)55-48(53)51-49-33-37-28-38(34-49)30-39(29-37)35-49/h19-21,24,32,37-41,46-47H,3-18,22-23,25-31,33-36H2,1-2H3,(H,51,53)/t37?,38?,39?,40-,41-,46-,47+,49?/m0/s1. The summed E-state index contributed by atoms with van der Waals surface area (Å²) in [6.07, 6.45) is 35.4. The molecule has 0 radical (unpaired) electrons. The van der Waals surface area contributed by atoms with E-state index >= 15 is 0 Å². The second-order valence-corrected chi connectivity index (χ2v) is 20.5. The number of ether oxygens (including phenoxy) is 2. The Balaban J connectivity index is 0.838. The molecule has 7 aliphatic rings. The molecule has 1 aromatic carbocycles. The molecule has 4 aliphatic carbocycles. The van der Waals surface area contributed by atoms with E-state index in [1.165, 1.54) is 146 Å². The highest BCUT2D eigenvalue weighted by molar-refractivity contribution is 7.99. The van der Waals surface area contributed by atoms with Gasteiger partial charge in [0.05, 0.1) is 18.7 Å². The van der Waals surface area contributed by atoms with E-state index in [1.807, 2.05) is 18.3 Å². The monoisotopic (exact) mass is 788 g/mol. The van der Waals surface area contributed by atoms with Crippen molar-refractivity contribution in [3.05, 3.63) is 36.0 Å². The second kappa shape index (κ2) is 21.3. The molecule has 6 nitrogen and oxygen atoms in total. The molecule has 3 saturated heterocycles. The molecule has 9 rings (SSSR count). The first kappa shape index (κ1) is 42.1. The number of amides is 1. The van der Waals surface area contributed by atoms with Crippen LogP contribution in [0.1, 0.15) is 179 Å². The van der Waals surface area contributed by atoms with E-state index in [2.05, 4.69) is 41.0 Å². The quantitative estimate of drug-likeness (QED) is 0.101. The van der Waals surface area contributed by atoms with Crippen LogP contribution in [0.3, 0.4) is 0 Å². The van der Waals surface area contributed by atoms with Crippen LogP contribution < -0.4 is 10.1 Å². The molecule has 1 N–H and O–H groups in total. The fourth-order valence-corrected chi connectivity index (χ4v) is 13.5. The summed E-state index contributed by atoms with van der Waals surface area (Å²) in [5, 5.41) is 4.57. The van der Waals surface area contributed by atoms with Gasteiger partial charge in [-0.25, -0.2) is 4.79 Å². The molecule has 7 heteroatoms. The van der Waals surface area contributed by atoms with E-state index in [9.17, 15) is 4.79 Å². The van der Waals surface area contributed by atoms with E-state index in [-0.39, 0.29) is 23.8 Å². The van der Waals surface area contributed by atoms with Crippen molar-refractivity contribution < 1.29 is 14.3 Å². The van der Waals surface area contributed by atoms with Crippen LogP contribution in [-0.2, 0) is 4.74 Å². The normalized spacial score (nSPS) is 29.5. The Hall–Kier alpha value is -1.99. The minimum Gasteiger partial charge on any atom is -0.497 e. The lowest BCUT2D eigenvalue weighted by Crippen LogP contribution is -2.60. The summed E-state index contributed by atoms with van der Waals surface area (Å²) >= 11 is 2.19. The second-order valence-electron chi connectivity index (χ2n) is 19.2. The highest BCUT2D eigenvalue weighted by Gasteiger charge is 2.52. The van der Waals surface area contributed by atoms with Gasteiger partial charge in [-0.1, -0.05) is 103 Å². The maximum Gasteiger partial charge on any atom is 0.408 e. The fraction of sp³-hybridized carbons (Fsp3) is 0.796. The predicted octanol–water partition coefficient (Wildman–Crippen LogP) is 13.1. The first-order chi connectivity index (χ1) is 27.5. The number of unbranched alkanes of at least 4 members (excludes halogenated alkanes) is 15. The number of alkyl carbamates (subject to hydrolysis) is 1. The summed E-state index contributed by atoms with van der Waals surface area (Å²) in [6, 6.07) is 8.37. The third kappa shape index (κ3) is 11.4. The average molecular weight is 788 g/mol. The van der Waals surface area contributed by atoms with Crippen LogP contribution in [0.4, 0.5) is 4.79 Å². The van der Waals surface area contributed by atoms with Crippen LogP contribution in [0.25, 0.3) is 10.9 Å². The molecule has 4 heterocycles. The Kier molecular flexibility index (Phi) is 16.0. The lowest BCUT2D eigenvalue weighted by Gasteiger charge is -2.56. The summed E-state index contributed by atoms with van der Waals surface area (Å²) in [5.41, 5.74) is 1.92. The van der Waals surface area contributed by atoms with Gasteiger partial charge >= 0.3 is 6.09 Å². The van der Waals surface area contributed by atoms with Gasteiger partial charge in [0, 0.05) is 29.2 Å². The van der Waals surface area contributed by atoms with Gasteiger partial charge in [-0.15, -0.1) is 0 Å². The van der Waals surface area contributed by atoms with Crippen molar-refractivity contribution in [2.45, 2.75) is 185 Å². The Morgan fingerprint density at radius 3 is 2.05 bits per heavy atom. The summed E-state index contributed by atoms with van der Waals surface area (Å²) in [7, 11) is 1.72. The average Bonchev–Trinajstić information content (AvgIpc) is 3.20. The SMILES string of the molecule is CCCCCCCCCCCCCCCCCCSCC[C@H]1CN2CC[C@H]1C[C@H]2[C@H](OC(=O)NC12CC3CC(CC(C3)C1)C2)c1ccnc2ccc(OC)cc12. The van der Waals surface area contributed by atoms with Crippen molar-refractivity contribution in [3.63, 3.8) is 0 Å². The number of hydrogen-bond acceptors (Lipinski definition) is 6. The van der Waals surface area contributed by atoms with E-state index < -0.39 is 0 Å². The Labute approximate surface area is 345 Å². The Bertz CT molecular complexity index is 1460. The third-order valence-corrected chi connectivity index (χ3v) is 16.1. The highest BCUT2D eigenvalue weighted by atomic mass is 32.2. The molecule has 0 spiro atoms. The number of piperidine rings is 3. The largest absolute Gasteiger partial charge is 0.497 e. The minimum absolute atomic E-state index is 0.0687. The minimum atomic E-state index is -0.338. The number of nitrogens with zero attached hydrogens (tertiary/aromatic N) is 2. The number of benzene rings is 1. The molecule has 1 amide bonds.